The van der Waals surface area contributed by atoms with E-state index in [2.05, 4.69) is 4.72 Å². The molecule has 0 amide bonds. The molecule has 0 fully saturated rings. The van der Waals surface area contributed by atoms with Gasteiger partial charge in [0.25, 0.3) is 0 Å². The second kappa shape index (κ2) is 5.51. The zero-order chi connectivity index (χ0) is 14.8. The summed E-state index contributed by atoms with van der Waals surface area (Å²) in [7, 11) is -3.81. The average Bonchev–Trinajstić information content (AvgIpc) is 2.98. The fraction of sp³-hybridized carbons (Fsp3) is 0.250. The Balaban J connectivity index is 2.08. The van der Waals surface area contributed by atoms with Gasteiger partial charge in [-0.15, -0.1) is 0 Å². The second-order valence-corrected chi connectivity index (χ2v) is 5.80. The van der Waals surface area contributed by atoms with Gasteiger partial charge in [0.1, 0.15) is 16.4 Å². The van der Waals surface area contributed by atoms with E-state index in [0.717, 1.165) is 6.07 Å². The first-order valence-corrected chi connectivity index (χ1v) is 7.24. The molecule has 0 atom stereocenters. The van der Waals surface area contributed by atoms with Crippen molar-refractivity contribution in [3.8, 4) is 0 Å². The Morgan fingerprint density at radius 2 is 2.20 bits per heavy atom. The normalized spacial score (nSPS) is 11.7. The van der Waals surface area contributed by atoms with Crippen LogP contribution in [0.5, 0.6) is 0 Å². The molecular weight excluding hydrogens is 286 g/mol. The molecule has 0 saturated heterocycles. The Morgan fingerprint density at radius 3 is 2.75 bits per heavy atom. The lowest BCUT2D eigenvalue weighted by Crippen LogP contribution is -2.26. The molecule has 2 aromatic rings. The maximum atomic E-state index is 12.0. The number of hydrogen-bond acceptors (Lipinski definition) is 5. The van der Waals surface area contributed by atoms with Crippen molar-refractivity contribution in [1.29, 1.82) is 0 Å². The second-order valence-electron chi connectivity index (χ2n) is 4.06. The molecule has 0 unspecified atom stereocenters. The van der Waals surface area contributed by atoms with E-state index in [1.54, 1.807) is 12.1 Å². The molecule has 0 bridgehead atoms. The minimum absolute atomic E-state index is 0.0351. The number of carbonyl (C=O) groups is 1. The van der Waals surface area contributed by atoms with Crippen molar-refractivity contribution in [1.82, 2.24) is 4.72 Å². The number of nitrogens with one attached hydrogen (secondary N) is 1. The van der Waals surface area contributed by atoms with Crippen molar-refractivity contribution in [2.75, 3.05) is 6.54 Å². The number of carboxylic acids is 1. The van der Waals surface area contributed by atoms with E-state index in [1.165, 1.54) is 13.2 Å². The van der Waals surface area contributed by atoms with E-state index in [4.69, 9.17) is 13.9 Å². The molecule has 0 radical (unpaired) electrons. The molecule has 20 heavy (non-hydrogen) atoms. The molecule has 7 nitrogen and oxygen atoms in total. The van der Waals surface area contributed by atoms with Gasteiger partial charge in [0.2, 0.25) is 15.8 Å². The number of aromatic carboxylic acids is 1. The van der Waals surface area contributed by atoms with Crippen LogP contribution in [0.2, 0.25) is 0 Å². The van der Waals surface area contributed by atoms with Crippen LogP contribution in [0, 0.1) is 6.92 Å². The highest BCUT2D eigenvalue weighted by Gasteiger charge is 2.23. The van der Waals surface area contributed by atoms with E-state index in [0.29, 0.717) is 12.2 Å². The van der Waals surface area contributed by atoms with E-state index in [9.17, 15) is 13.2 Å². The van der Waals surface area contributed by atoms with Crippen LogP contribution in [0.4, 0.5) is 0 Å². The summed E-state index contributed by atoms with van der Waals surface area (Å²) in [5, 5.41) is 8.77. The van der Waals surface area contributed by atoms with Crippen molar-refractivity contribution >= 4 is 16.0 Å². The standard InChI is InChI=1S/C12H13NO6S/c1-8-11(7-10(19-8)12(14)15)20(16,17)13-5-4-9-3-2-6-18-9/h2-3,6-7,13H,4-5H2,1H3,(H,14,15). The molecule has 108 valence electrons. The van der Waals surface area contributed by atoms with Gasteiger partial charge in [-0.3, -0.25) is 0 Å². The number of furan rings is 2. The van der Waals surface area contributed by atoms with E-state index in [1.807, 2.05) is 0 Å². The van der Waals surface area contributed by atoms with Gasteiger partial charge in [-0.1, -0.05) is 0 Å². The van der Waals surface area contributed by atoms with Crippen molar-refractivity contribution in [3.05, 3.63) is 41.7 Å². The highest BCUT2D eigenvalue weighted by Crippen LogP contribution is 2.19. The van der Waals surface area contributed by atoms with Gasteiger partial charge in [0.15, 0.2) is 0 Å². The third-order valence-electron chi connectivity index (χ3n) is 2.62. The molecule has 2 N–H and O–H groups in total. The number of sulfonamides is 1. The van der Waals surface area contributed by atoms with Crippen LogP contribution < -0.4 is 4.72 Å². The summed E-state index contributed by atoms with van der Waals surface area (Å²) >= 11 is 0. The Labute approximate surface area is 115 Å². The molecular formula is C12H13NO6S. The highest BCUT2D eigenvalue weighted by molar-refractivity contribution is 7.89. The fourth-order valence-corrected chi connectivity index (χ4v) is 2.89. The molecule has 0 saturated carbocycles. The van der Waals surface area contributed by atoms with Gasteiger partial charge >= 0.3 is 5.97 Å². The molecule has 0 spiro atoms. The van der Waals surface area contributed by atoms with E-state index >= 15 is 0 Å². The van der Waals surface area contributed by atoms with E-state index < -0.39 is 21.8 Å². The van der Waals surface area contributed by atoms with Gasteiger partial charge in [-0.25, -0.2) is 17.9 Å². The third-order valence-corrected chi connectivity index (χ3v) is 4.18. The summed E-state index contributed by atoms with van der Waals surface area (Å²) in [6.07, 6.45) is 1.90. The fourth-order valence-electron chi connectivity index (χ4n) is 1.68. The van der Waals surface area contributed by atoms with Gasteiger partial charge in [0, 0.05) is 19.0 Å². The molecule has 2 heterocycles. The minimum Gasteiger partial charge on any atom is -0.475 e. The van der Waals surface area contributed by atoms with Crippen LogP contribution in [0.1, 0.15) is 22.1 Å². The van der Waals surface area contributed by atoms with Crippen LogP contribution in [-0.2, 0) is 16.4 Å². The largest absolute Gasteiger partial charge is 0.475 e. The Morgan fingerprint density at radius 1 is 1.45 bits per heavy atom. The summed E-state index contributed by atoms with van der Waals surface area (Å²) in [6.45, 7) is 1.54. The predicted octanol–water partition coefficient (Wildman–Crippen LogP) is 1.40. The maximum absolute atomic E-state index is 12.0. The quantitative estimate of drug-likeness (QED) is 0.834. The Bertz CT molecular complexity index is 698. The van der Waals surface area contributed by atoms with E-state index in [-0.39, 0.29) is 17.2 Å². The van der Waals surface area contributed by atoms with Crippen LogP contribution >= 0.6 is 0 Å². The van der Waals surface area contributed by atoms with Crippen molar-refractivity contribution in [2.45, 2.75) is 18.2 Å². The average molecular weight is 299 g/mol. The first-order valence-electron chi connectivity index (χ1n) is 5.76. The number of aryl methyl sites for hydroxylation is 1. The zero-order valence-electron chi connectivity index (χ0n) is 10.6. The maximum Gasteiger partial charge on any atom is 0.371 e. The third kappa shape index (κ3) is 3.09. The lowest BCUT2D eigenvalue weighted by Gasteiger charge is -2.04. The Kier molecular flexibility index (Phi) is 3.96. The van der Waals surface area contributed by atoms with Crippen LogP contribution in [0.15, 0.2) is 38.2 Å². The molecule has 0 aromatic carbocycles. The smallest absolute Gasteiger partial charge is 0.371 e. The van der Waals surface area contributed by atoms with Crippen molar-refractivity contribution in [3.63, 3.8) is 0 Å². The SMILES string of the molecule is Cc1oc(C(=O)O)cc1S(=O)(=O)NCCc1ccco1. The summed E-state index contributed by atoms with van der Waals surface area (Å²) < 4.78 is 36.4. The van der Waals surface area contributed by atoms with Gasteiger partial charge in [0.05, 0.1) is 6.26 Å². The number of carboxylic acid groups (broad SMARTS) is 1. The van der Waals surface area contributed by atoms with Gasteiger partial charge in [-0.2, -0.15) is 0 Å². The lowest BCUT2D eigenvalue weighted by molar-refractivity contribution is 0.0661. The topological polar surface area (TPSA) is 110 Å². The number of hydrogen-bond donors (Lipinski definition) is 2. The molecule has 0 aliphatic carbocycles. The molecule has 2 rings (SSSR count). The minimum atomic E-state index is -3.81. The first-order chi connectivity index (χ1) is 9.40. The van der Waals surface area contributed by atoms with Crippen LogP contribution in [-0.4, -0.2) is 26.0 Å². The van der Waals surface area contributed by atoms with Crippen LogP contribution in [0.25, 0.3) is 0 Å². The molecule has 0 aliphatic heterocycles. The zero-order valence-corrected chi connectivity index (χ0v) is 11.4. The lowest BCUT2D eigenvalue weighted by atomic mass is 10.3. The number of rotatable bonds is 6. The van der Waals surface area contributed by atoms with Gasteiger partial charge in [-0.05, 0) is 19.1 Å². The van der Waals surface area contributed by atoms with Crippen molar-refractivity contribution in [2.24, 2.45) is 0 Å². The Hall–Kier alpha value is -2.06. The highest BCUT2D eigenvalue weighted by atomic mass is 32.2. The molecule has 8 heteroatoms. The van der Waals surface area contributed by atoms with Gasteiger partial charge < -0.3 is 13.9 Å². The summed E-state index contributed by atoms with van der Waals surface area (Å²) in [5.41, 5.74) is 0. The van der Waals surface area contributed by atoms with Crippen LogP contribution in [0.3, 0.4) is 0 Å². The first kappa shape index (κ1) is 14.4. The summed E-state index contributed by atoms with van der Waals surface area (Å²) in [6, 6.07) is 4.44. The molecule has 2 aromatic heterocycles. The van der Waals surface area contributed by atoms with Crippen molar-refractivity contribution < 1.29 is 27.2 Å². The predicted molar refractivity (Wildman–Crippen MR) is 68.0 cm³/mol. The monoisotopic (exact) mass is 299 g/mol. The summed E-state index contributed by atoms with van der Waals surface area (Å²) in [5.74, 6) is -1.03. The molecule has 0 aliphatic rings. The summed E-state index contributed by atoms with van der Waals surface area (Å²) in [4.78, 5) is 10.6.